The maximum atomic E-state index is 13.0. The number of aromatic hydroxyl groups is 1. The van der Waals surface area contributed by atoms with Crippen molar-refractivity contribution in [1.82, 2.24) is 5.32 Å². The van der Waals surface area contributed by atoms with Gasteiger partial charge in [-0.1, -0.05) is 12.1 Å². The van der Waals surface area contributed by atoms with Crippen molar-refractivity contribution < 1.29 is 19.5 Å². The van der Waals surface area contributed by atoms with Crippen LogP contribution in [0.15, 0.2) is 48.5 Å². The fourth-order valence-corrected chi connectivity index (χ4v) is 3.35. The number of para-hydroxylation sites is 1. The molecule has 25 heavy (non-hydrogen) atoms. The molecule has 2 aromatic rings. The Morgan fingerprint density at radius 3 is 2.60 bits per heavy atom. The van der Waals surface area contributed by atoms with E-state index in [1.54, 1.807) is 36.4 Å². The highest BCUT2D eigenvalue weighted by atomic mass is 16.3. The summed E-state index contributed by atoms with van der Waals surface area (Å²) in [5.74, 6) is -1.02. The summed E-state index contributed by atoms with van der Waals surface area (Å²) in [5.41, 5.74) is -0.176. The van der Waals surface area contributed by atoms with E-state index in [0.29, 0.717) is 16.9 Å². The first-order chi connectivity index (χ1) is 12.0. The largest absolute Gasteiger partial charge is 0.508 e. The van der Waals surface area contributed by atoms with Crippen molar-refractivity contribution in [3.63, 3.8) is 0 Å². The average molecular weight is 337 g/mol. The summed E-state index contributed by atoms with van der Waals surface area (Å²) in [6.45, 7) is 0. The van der Waals surface area contributed by atoms with Gasteiger partial charge in [0.15, 0.2) is 0 Å². The highest BCUT2D eigenvalue weighted by Gasteiger charge is 2.56. The molecular weight excluding hydrogens is 322 g/mol. The molecule has 1 unspecified atom stereocenters. The zero-order valence-electron chi connectivity index (χ0n) is 13.2. The number of carbonyl (C=O) groups excluding carboxylic acids is 3. The van der Waals surface area contributed by atoms with E-state index in [0.717, 1.165) is 0 Å². The second-order valence-electron chi connectivity index (χ2n) is 6.06. The number of nitrogens with one attached hydrogen (secondary N) is 2. The first-order valence-corrected chi connectivity index (χ1v) is 7.86. The number of phenolic OH excluding ortho intramolecular Hbond substituents is 1. The van der Waals surface area contributed by atoms with Crippen molar-refractivity contribution in [3.8, 4) is 5.75 Å². The Bertz CT molecular complexity index is 893. The van der Waals surface area contributed by atoms with Crippen molar-refractivity contribution in [3.05, 3.63) is 54.1 Å². The maximum Gasteiger partial charge on any atom is 0.271 e. The number of hydrogen-bond donors (Lipinski definition) is 3. The lowest BCUT2D eigenvalue weighted by Gasteiger charge is -2.41. The summed E-state index contributed by atoms with van der Waals surface area (Å²) in [4.78, 5) is 39.3. The smallest absolute Gasteiger partial charge is 0.271 e. The first kappa shape index (κ1) is 15.2. The molecule has 1 fully saturated rings. The van der Waals surface area contributed by atoms with Crippen LogP contribution in [-0.2, 0) is 9.59 Å². The highest BCUT2D eigenvalue weighted by Crippen LogP contribution is 2.39. The molecule has 1 saturated heterocycles. The van der Waals surface area contributed by atoms with Crippen LogP contribution in [0, 0.1) is 0 Å². The van der Waals surface area contributed by atoms with Crippen molar-refractivity contribution in [1.29, 1.82) is 0 Å². The lowest BCUT2D eigenvalue weighted by Crippen LogP contribution is -2.68. The quantitative estimate of drug-likeness (QED) is 0.725. The van der Waals surface area contributed by atoms with Gasteiger partial charge in [0.25, 0.3) is 11.8 Å². The van der Waals surface area contributed by atoms with Crippen molar-refractivity contribution in [2.45, 2.75) is 18.5 Å². The number of rotatable bonds is 2. The van der Waals surface area contributed by atoms with Gasteiger partial charge in [-0.3, -0.25) is 19.3 Å². The Morgan fingerprint density at radius 1 is 1.12 bits per heavy atom. The molecule has 1 atom stereocenters. The van der Waals surface area contributed by atoms with Gasteiger partial charge in [0.05, 0.1) is 11.3 Å². The van der Waals surface area contributed by atoms with Gasteiger partial charge in [-0.05, 0) is 36.4 Å². The second-order valence-corrected chi connectivity index (χ2v) is 6.06. The molecule has 0 aromatic heterocycles. The molecule has 2 aliphatic rings. The predicted molar refractivity (Wildman–Crippen MR) is 90.1 cm³/mol. The Morgan fingerprint density at radius 2 is 1.84 bits per heavy atom. The van der Waals surface area contributed by atoms with Gasteiger partial charge in [-0.2, -0.15) is 0 Å². The molecule has 7 heteroatoms. The number of carbonyl (C=O) groups is 3. The van der Waals surface area contributed by atoms with Crippen LogP contribution in [0.25, 0.3) is 0 Å². The van der Waals surface area contributed by atoms with E-state index in [4.69, 9.17) is 0 Å². The monoisotopic (exact) mass is 337 g/mol. The minimum atomic E-state index is -1.44. The molecule has 2 aromatic carbocycles. The van der Waals surface area contributed by atoms with Crippen LogP contribution in [-0.4, -0.2) is 28.5 Å². The van der Waals surface area contributed by atoms with Crippen molar-refractivity contribution >= 4 is 29.1 Å². The summed E-state index contributed by atoms with van der Waals surface area (Å²) in [5, 5.41) is 14.8. The molecule has 4 rings (SSSR count). The van der Waals surface area contributed by atoms with Crippen LogP contribution < -0.4 is 15.5 Å². The van der Waals surface area contributed by atoms with Gasteiger partial charge in [0.2, 0.25) is 11.6 Å². The molecule has 3 N–H and O–H groups in total. The molecule has 0 spiro atoms. The number of anilines is 2. The van der Waals surface area contributed by atoms with E-state index in [9.17, 15) is 19.5 Å². The molecule has 7 nitrogen and oxygen atoms in total. The van der Waals surface area contributed by atoms with Crippen molar-refractivity contribution in [2.75, 3.05) is 10.2 Å². The fourth-order valence-electron chi connectivity index (χ4n) is 3.35. The Hall–Kier alpha value is -3.35. The summed E-state index contributed by atoms with van der Waals surface area (Å²) < 4.78 is 0. The van der Waals surface area contributed by atoms with E-state index in [1.807, 2.05) is 0 Å². The third-order valence-electron chi connectivity index (χ3n) is 4.54. The SMILES string of the molecule is O=C1NC2(C(=O)Nc3ccc(O)cc3)CCC(=O)N2c2ccccc21. The third kappa shape index (κ3) is 2.24. The van der Waals surface area contributed by atoms with Gasteiger partial charge < -0.3 is 15.7 Å². The topological polar surface area (TPSA) is 98.7 Å². The van der Waals surface area contributed by atoms with Gasteiger partial charge in [0, 0.05) is 18.5 Å². The van der Waals surface area contributed by atoms with E-state index >= 15 is 0 Å². The van der Waals surface area contributed by atoms with Crippen LogP contribution in [0.2, 0.25) is 0 Å². The van der Waals surface area contributed by atoms with Crippen LogP contribution in [0.4, 0.5) is 11.4 Å². The lowest BCUT2D eigenvalue weighted by molar-refractivity contribution is -0.124. The number of fused-ring (bicyclic) bond motifs is 3. The van der Waals surface area contributed by atoms with E-state index in [1.165, 1.54) is 17.0 Å². The first-order valence-electron chi connectivity index (χ1n) is 7.86. The van der Waals surface area contributed by atoms with Crippen molar-refractivity contribution in [2.24, 2.45) is 0 Å². The Balaban J connectivity index is 1.74. The normalized spacial score (nSPS) is 21.4. The summed E-state index contributed by atoms with van der Waals surface area (Å²) in [6, 6.07) is 12.7. The van der Waals surface area contributed by atoms with Gasteiger partial charge in [0.1, 0.15) is 5.75 Å². The molecule has 2 aliphatic heterocycles. The summed E-state index contributed by atoms with van der Waals surface area (Å²) >= 11 is 0. The van der Waals surface area contributed by atoms with Crippen LogP contribution >= 0.6 is 0 Å². The molecule has 0 aliphatic carbocycles. The molecule has 0 radical (unpaired) electrons. The summed E-state index contributed by atoms with van der Waals surface area (Å²) in [7, 11) is 0. The Labute approximate surface area is 143 Å². The Kier molecular flexibility index (Phi) is 3.24. The number of benzene rings is 2. The molecule has 2 heterocycles. The van der Waals surface area contributed by atoms with Gasteiger partial charge in [-0.15, -0.1) is 0 Å². The lowest BCUT2D eigenvalue weighted by atomic mass is 9.98. The third-order valence-corrected chi connectivity index (χ3v) is 4.54. The standard InChI is InChI=1S/C18H15N3O4/c22-12-7-5-11(6-8-12)19-17(25)18-10-9-15(23)21(18)14-4-2-1-3-13(14)16(24)20-18/h1-8,22H,9-10H2,(H,19,25)(H,20,24). The summed E-state index contributed by atoms with van der Waals surface area (Å²) in [6.07, 6.45) is 0.355. The molecule has 126 valence electrons. The number of amides is 3. The van der Waals surface area contributed by atoms with E-state index in [-0.39, 0.29) is 30.4 Å². The average Bonchev–Trinajstić information content (AvgIpc) is 2.95. The van der Waals surface area contributed by atoms with E-state index in [2.05, 4.69) is 10.6 Å². The molecule has 0 saturated carbocycles. The highest BCUT2D eigenvalue weighted by molar-refractivity contribution is 6.18. The van der Waals surface area contributed by atoms with Gasteiger partial charge >= 0.3 is 0 Å². The predicted octanol–water partition coefficient (Wildman–Crippen LogP) is 1.60. The molecule has 3 amide bonds. The van der Waals surface area contributed by atoms with Crippen LogP contribution in [0.5, 0.6) is 5.75 Å². The minimum absolute atomic E-state index is 0.0775. The van der Waals surface area contributed by atoms with E-state index < -0.39 is 11.6 Å². The zero-order chi connectivity index (χ0) is 17.6. The molecular formula is C18H15N3O4. The van der Waals surface area contributed by atoms with Crippen LogP contribution in [0.1, 0.15) is 23.2 Å². The number of phenols is 1. The fraction of sp³-hybridized carbons (Fsp3) is 0.167. The second kappa shape index (κ2) is 5.34. The number of nitrogens with zero attached hydrogens (tertiary/aromatic N) is 1. The minimum Gasteiger partial charge on any atom is -0.508 e. The maximum absolute atomic E-state index is 13.0. The van der Waals surface area contributed by atoms with Crippen LogP contribution in [0.3, 0.4) is 0 Å². The van der Waals surface area contributed by atoms with Gasteiger partial charge in [-0.25, -0.2) is 0 Å². The molecule has 0 bridgehead atoms. The number of hydrogen-bond acceptors (Lipinski definition) is 4. The zero-order valence-corrected chi connectivity index (χ0v) is 13.2.